The number of carbonyl (C=O) groups excluding carboxylic acids is 1. The molecule has 0 atom stereocenters. The van der Waals surface area contributed by atoms with Crippen molar-refractivity contribution in [1.29, 1.82) is 0 Å². The normalized spacial score (nSPS) is 10.7. The summed E-state index contributed by atoms with van der Waals surface area (Å²) in [5.41, 5.74) is 5.45. The SMILES string of the molecule is CCCCN(C(=O)c1ccc([N+](=O)[O-])cc1)c1c(N)n(Cc2ccccc2)c(=O)[nH]c1=O. The molecule has 1 aromatic heterocycles. The van der Waals surface area contributed by atoms with E-state index in [9.17, 15) is 24.5 Å². The van der Waals surface area contributed by atoms with Gasteiger partial charge in [-0.25, -0.2) is 4.79 Å². The van der Waals surface area contributed by atoms with E-state index in [0.717, 1.165) is 12.0 Å². The number of hydrogen-bond donors (Lipinski definition) is 2. The van der Waals surface area contributed by atoms with Gasteiger partial charge in [0.1, 0.15) is 5.82 Å². The molecule has 3 aromatic rings. The number of nitrogens with two attached hydrogens (primary N) is 1. The highest BCUT2D eigenvalue weighted by atomic mass is 16.6. The number of nitro benzene ring substituents is 1. The number of non-ortho nitro benzene ring substituents is 1. The first kappa shape index (κ1) is 22.5. The molecular formula is C22H23N5O5. The Balaban J connectivity index is 2.07. The van der Waals surface area contributed by atoms with Crippen LogP contribution in [0.2, 0.25) is 0 Å². The maximum atomic E-state index is 13.3. The van der Waals surface area contributed by atoms with Crippen LogP contribution in [-0.4, -0.2) is 26.9 Å². The Morgan fingerprint density at radius 3 is 2.38 bits per heavy atom. The van der Waals surface area contributed by atoms with Gasteiger partial charge in [-0.2, -0.15) is 0 Å². The van der Waals surface area contributed by atoms with E-state index in [1.165, 1.54) is 33.7 Å². The first-order valence-electron chi connectivity index (χ1n) is 10.1. The topological polar surface area (TPSA) is 144 Å². The van der Waals surface area contributed by atoms with Gasteiger partial charge in [0.2, 0.25) is 0 Å². The number of hydrogen-bond acceptors (Lipinski definition) is 6. The van der Waals surface area contributed by atoms with E-state index in [0.29, 0.717) is 6.42 Å². The lowest BCUT2D eigenvalue weighted by atomic mass is 10.1. The quantitative estimate of drug-likeness (QED) is 0.409. The summed E-state index contributed by atoms with van der Waals surface area (Å²) >= 11 is 0. The van der Waals surface area contributed by atoms with Crippen molar-refractivity contribution in [3.05, 3.63) is 96.7 Å². The number of aromatic nitrogens is 2. The molecule has 0 spiro atoms. The van der Waals surface area contributed by atoms with E-state index in [2.05, 4.69) is 4.98 Å². The van der Waals surface area contributed by atoms with Crippen LogP contribution in [0.4, 0.5) is 17.2 Å². The van der Waals surface area contributed by atoms with Crippen LogP contribution in [0.5, 0.6) is 0 Å². The number of nitrogen functional groups attached to an aromatic ring is 1. The number of benzene rings is 2. The molecule has 10 nitrogen and oxygen atoms in total. The van der Waals surface area contributed by atoms with Crippen LogP contribution in [0.25, 0.3) is 0 Å². The molecule has 2 aromatic carbocycles. The van der Waals surface area contributed by atoms with E-state index in [1.807, 2.05) is 37.3 Å². The molecular weight excluding hydrogens is 414 g/mol. The molecule has 0 bridgehead atoms. The first-order valence-corrected chi connectivity index (χ1v) is 10.1. The number of aromatic amines is 1. The van der Waals surface area contributed by atoms with Crippen molar-refractivity contribution in [1.82, 2.24) is 9.55 Å². The summed E-state index contributed by atoms with van der Waals surface area (Å²) in [4.78, 5) is 52.2. The summed E-state index contributed by atoms with van der Waals surface area (Å²) in [6, 6.07) is 14.2. The molecule has 1 heterocycles. The monoisotopic (exact) mass is 437 g/mol. The number of unbranched alkanes of at least 4 members (excludes halogenated alkanes) is 1. The fraction of sp³-hybridized carbons (Fsp3) is 0.227. The number of nitrogens with one attached hydrogen (secondary N) is 1. The maximum Gasteiger partial charge on any atom is 0.330 e. The van der Waals surface area contributed by atoms with Crippen LogP contribution in [0.15, 0.2) is 64.2 Å². The predicted molar refractivity (Wildman–Crippen MR) is 121 cm³/mol. The summed E-state index contributed by atoms with van der Waals surface area (Å²) in [6.45, 7) is 2.23. The molecule has 0 fully saturated rings. The van der Waals surface area contributed by atoms with Crippen LogP contribution in [0, 0.1) is 10.1 Å². The van der Waals surface area contributed by atoms with Gasteiger partial charge in [0, 0.05) is 24.2 Å². The molecule has 0 aliphatic heterocycles. The Labute approximate surface area is 183 Å². The summed E-state index contributed by atoms with van der Waals surface area (Å²) in [5.74, 6) is -0.676. The third-order valence-electron chi connectivity index (χ3n) is 4.97. The fourth-order valence-corrected chi connectivity index (χ4v) is 3.27. The second-order valence-corrected chi connectivity index (χ2v) is 7.18. The van der Waals surface area contributed by atoms with Crippen LogP contribution < -0.4 is 21.9 Å². The number of amides is 1. The highest BCUT2D eigenvalue weighted by Gasteiger charge is 2.25. The number of H-pyrrole nitrogens is 1. The predicted octanol–water partition coefficient (Wildman–Crippen LogP) is 2.52. The summed E-state index contributed by atoms with van der Waals surface area (Å²) in [7, 11) is 0. The highest BCUT2D eigenvalue weighted by Crippen LogP contribution is 2.22. The van der Waals surface area contributed by atoms with Gasteiger partial charge in [0.05, 0.1) is 11.5 Å². The van der Waals surface area contributed by atoms with Gasteiger partial charge in [-0.1, -0.05) is 43.7 Å². The summed E-state index contributed by atoms with van der Waals surface area (Å²) < 4.78 is 1.20. The first-order chi connectivity index (χ1) is 15.3. The van der Waals surface area contributed by atoms with E-state index in [4.69, 9.17) is 5.73 Å². The number of carbonyl (C=O) groups is 1. The molecule has 1 amide bonds. The van der Waals surface area contributed by atoms with E-state index >= 15 is 0 Å². The standard InChI is InChI=1S/C22H23N5O5/c1-2-3-13-25(21(29)16-9-11-17(12-10-16)27(31)32)18-19(23)26(22(30)24-20(18)28)14-15-7-5-4-6-8-15/h4-12H,2-3,13-14,23H2,1H3,(H,24,28,30). The Morgan fingerprint density at radius 1 is 1.12 bits per heavy atom. The van der Waals surface area contributed by atoms with E-state index in [-0.39, 0.29) is 35.8 Å². The lowest BCUT2D eigenvalue weighted by molar-refractivity contribution is -0.384. The second kappa shape index (κ2) is 9.73. The van der Waals surface area contributed by atoms with Gasteiger partial charge < -0.3 is 10.6 Å². The average molecular weight is 437 g/mol. The molecule has 3 N–H and O–H groups in total. The molecule has 0 saturated heterocycles. The number of nitro groups is 1. The molecule has 3 rings (SSSR count). The molecule has 32 heavy (non-hydrogen) atoms. The van der Waals surface area contributed by atoms with Gasteiger partial charge in [0.15, 0.2) is 5.69 Å². The highest BCUT2D eigenvalue weighted by molar-refractivity contribution is 6.07. The van der Waals surface area contributed by atoms with Crippen molar-refractivity contribution in [2.24, 2.45) is 0 Å². The number of anilines is 2. The third-order valence-corrected chi connectivity index (χ3v) is 4.97. The smallest absolute Gasteiger partial charge is 0.330 e. The lowest BCUT2D eigenvalue weighted by Crippen LogP contribution is -2.41. The summed E-state index contributed by atoms with van der Waals surface area (Å²) in [6.07, 6.45) is 1.32. The molecule has 0 aliphatic rings. The molecule has 10 heteroatoms. The van der Waals surface area contributed by atoms with Crippen LogP contribution >= 0.6 is 0 Å². The number of rotatable bonds is 8. The zero-order chi connectivity index (χ0) is 23.3. The third kappa shape index (κ3) is 4.75. The van der Waals surface area contributed by atoms with Gasteiger partial charge in [-0.3, -0.25) is 29.3 Å². The van der Waals surface area contributed by atoms with Gasteiger partial charge >= 0.3 is 5.69 Å². The average Bonchev–Trinajstić information content (AvgIpc) is 2.79. The van der Waals surface area contributed by atoms with Crippen molar-refractivity contribution < 1.29 is 9.72 Å². The Hall–Kier alpha value is -4.21. The van der Waals surface area contributed by atoms with Gasteiger partial charge in [0.25, 0.3) is 17.2 Å². The van der Waals surface area contributed by atoms with Crippen molar-refractivity contribution in [2.45, 2.75) is 26.3 Å². The van der Waals surface area contributed by atoms with Crippen molar-refractivity contribution in [3.8, 4) is 0 Å². The minimum atomic E-state index is -0.775. The van der Waals surface area contributed by atoms with Crippen molar-refractivity contribution in [2.75, 3.05) is 17.2 Å². The maximum absolute atomic E-state index is 13.3. The lowest BCUT2D eigenvalue weighted by Gasteiger charge is -2.24. The Kier molecular flexibility index (Phi) is 6.83. The van der Waals surface area contributed by atoms with Crippen molar-refractivity contribution in [3.63, 3.8) is 0 Å². The summed E-state index contributed by atoms with van der Waals surface area (Å²) in [5, 5.41) is 10.9. The number of nitrogens with zero attached hydrogens (tertiary/aromatic N) is 3. The largest absolute Gasteiger partial charge is 0.383 e. The zero-order valence-electron chi connectivity index (χ0n) is 17.5. The molecule has 0 aliphatic carbocycles. The second-order valence-electron chi connectivity index (χ2n) is 7.18. The molecule has 166 valence electrons. The Bertz CT molecular complexity index is 1230. The van der Waals surface area contributed by atoms with Crippen molar-refractivity contribution >= 4 is 23.1 Å². The molecule has 0 radical (unpaired) electrons. The molecule has 0 saturated carbocycles. The Morgan fingerprint density at radius 2 is 1.78 bits per heavy atom. The van der Waals surface area contributed by atoms with E-state index in [1.54, 1.807) is 0 Å². The fourth-order valence-electron chi connectivity index (χ4n) is 3.27. The minimum absolute atomic E-state index is 0.114. The molecule has 0 unspecified atom stereocenters. The zero-order valence-corrected chi connectivity index (χ0v) is 17.5. The van der Waals surface area contributed by atoms with Gasteiger partial charge in [-0.15, -0.1) is 0 Å². The van der Waals surface area contributed by atoms with Gasteiger partial charge in [-0.05, 0) is 24.1 Å². The minimum Gasteiger partial charge on any atom is -0.383 e. The van der Waals surface area contributed by atoms with Crippen LogP contribution in [0.3, 0.4) is 0 Å². The van der Waals surface area contributed by atoms with Crippen LogP contribution in [-0.2, 0) is 6.54 Å². The van der Waals surface area contributed by atoms with Crippen LogP contribution in [0.1, 0.15) is 35.7 Å². The van der Waals surface area contributed by atoms with E-state index < -0.39 is 22.1 Å².